The minimum atomic E-state index is -0.281. The first-order chi connectivity index (χ1) is 9.63. The van der Waals surface area contributed by atoms with Gasteiger partial charge in [0.15, 0.2) is 6.61 Å². The predicted molar refractivity (Wildman–Crippen MR) is 81.5 cm³/mol. The molecule has 0 aliphatic rings. The van der Waals surface area contributed by atoms with E-state index < -0.39 is 0 Å². The van der Waals surface area contributed by atoms with Crippen LogP contribution in [0, 0.1) is 13.8 Å². The average molecular weight is 288 g/mol. The van der Waals surface area contributed by atoms with Crippen molar-refractivity contribution in [2.75, 3.05) is 6.61 Å². The Hall–Kier alpha value is -2.14. The van der Waals surface area contributed by atoms with Gasteiger partial charge in [-0.1, -0.05) is 12.1 Å². The van der Waals surface area contributed by atoms with E-state index in [1.165, 1.54) is 4.88 Å². The van der Waals surface area contributed by atoms with Crippen LogP contribution in [-0.4, -0.2) is 18.7 Å². The van der Waals surface area contributed by atoms with Crippen molar-refractivity contribution in [2.45, 2.75) is 13.8 Å². The standard InChI is InChI=1S/C15H16N2O2S/c1-11-4-3-5-13(8-11)19-10-15(18)17-16-9-14-7-6-12(2)20-14/h3-9H,10H2,1-2H3,(H,17,18)/b16-9-. The zero-order chi connectivity index (χ0) is 14.4. The number of carbonyl (C=O) groups excluding carboxylic acids is 1. The van der Waals surface area contributed by atoms with Crippen molar-refractivity contribution in [3.8, 4) is 5.75 Å². The van der Waals surface area contributed by atoms with Gasteiger partial charge in [0.25, 0.3) is 5.91 Å². The fourth-order valence-corrected chi connectivity index (χ4v) is 2.33. The molecule has 0 fully saturated rings. The third kappa shape index (κ3) is 4.51. The zero-order valence-electron chi connectivity index (χ0n) is 11.4. The molecular weight excluding hydrogens is 272 g/mol. The molecule has 20 heavy (non-hydrogen) atoms. The highest BCUT2D eigenvalue weighted by atomic mass is 32.1. The number of hydrogen-bond donors (Lipinski definition) is 1. The molecule has 0 bridgehead atoms. The summed E-state index contributed by atoms with van der Waals surface area (Å²) in [5.74, 6) is 0.397. The van der Waals surface area contributed by atoms with Crippen LogP contribution in [0.4, 0.5) is 0 Å². The minimum Gasteiger partial charge on any atom is -0.484 e. The highest BCUT2D eigenvalue weighted by Gasteiger charge is 2.01. The van der Waals surface area contributed by atoms with Gasteiger partial charge in [-0.15, -0.1) is 11.3 Å². The van der Waals surface area contributed by atoms with E-state index in [0.717, 1.165) is 10.4 Å². The quantitative estimate of drug-likeness (QED) is 0.679. The van der Waals surface area contributed by atoms with E-state index in [4.69, 9.17) is 4.74 Å². The Morgan fingerprint density at radius 3 is 2.90 bits per heavy atom. The maximum absolute atomic E-state index is 11.6. The molecule has 0 aliphatic carbocycles. The number of nitrogens with one attached hydrogen (secondary N) is 1. The van der Waals surface area contributed by atoms with Gasteiger partial charge in [0.05, 0.1) is 6.21 Å². The molecule has 1 N–H and O–H groups in total. The fraction of sp³-hybridized carbons (Fsp3) is 0.200. The van der Waals surface area contributed by atoms with E-state index in [-0.39, 0.29) is 12.5 Å². The molecule has 1 heterocycles. The Labute approximate surface area is 122 Å². The molecule has 5 heteroatoms. The maximum Gasteiger partial charge on any atom is 0.277 e. The SMILES string of the molecule is Cc1cccc(OCC(=O)N/N=C\c2ccc(C)s2)c1. The van der Waals surface area contributed by atoms with Crippen LogP contribution in [0.1, 0.15) is 15.3 Å². The molecule has 0 saturated heterocycles. The molecule has 4 nitrogen and oxygen atoms in total. The van der Waals surface area contributed by atoms with E-state index in [1.807, 2.05) is 50.2 Å². The van der Waals surface area contributed by atoms with Gasteiger partial charge in [0.1, 0.15) is 5.75 Å². The number of ether oxygens (including phenoxy) is 1. The second kappa shape index (κ2) is 6.86. The lowest BCUT2D eigenvalue weighted by molar-refractivity contribution is -0.123. The van der Waals surface area contributed by atoms with Crippen LogP contribution in [0.15, 0.2) is 41.5 Å². The van der Waals surface area contributed by atoms with Gasteiger partial charge in [-0.2, -0.15) is 5.10 Å². The maximum atomic E-state index is 11.6. The van der Waals surface area contributed by atoms with Crippen LogP contribution in [-0.2, 0) is 4.79 Å². The van der Waals surface area contributed by atoms with Crippen molar-refractivity contribution in [1.82, 2.24) is 5.43 Å². The summed E-state index contributed by atoms with van der Waals surface area (Å²) in [6.07, 6.45) is 1.63. The molecule has 104 valence electrons. The van der Waals surface area contributed by atoms with Crippen molar-refractivity contribution < 1.29 is 9.53 Å². The van der Waals surface area contributed by atoms with Gasteiger partial charge in [-0.3, -0.25) is 4.79 Å². The van der Waals surface area contributed by atoms with Gasteiger partial charge in [-0.25, -0.2) is 5.43 Å². The van der Waals surface area contributed by atoms with E-state index in [0.29, 0.717) is 5.75 Å². The summed E-state index contributed by atoms with van der Waals surface area (Å²) in [7, 11) is 0. The number of carbonyl (C=O) groups is 1. The molecule has 1 aromatic carbocycles. The molecule has 1 aromatic heterocycles. The number of thiophene rings is 1. The van der Waals surface area contributed by atoms with Crippen molar-refractivity contribution in [2.24, 2.45) is 5.10 Å². The average Bonchev–Trinajstić information content (AvgIpc) is 2.82. The Balaban J connectivity index is 1.77. The molecule has 0 aliphatic heterocycles. The van der Waals surface area contributed by atoms with Gasteiger partial charge >= 0.3 is 0 Å². The first-order valence-corrected chi connectivity index (χ1v) is 7.03. The molecule has 0 saturated carbocycles. The molecule has 1 amide bonds. The number of aryl methyl sites for hydroxylation is 2. The predicted octanol–water partition coefficient (Wildman–Crippen LogP) is 2.89. The zero-order valence-corrected chi connectivity index (χ0v) is 12.2. The molecule has 2 rings (SSSR count). The van der Waals surface area contributed by atoms with Gasteiger partial charge < -0.3 is 4.74 Å². The molecule has 0 unspecified atom stereocenters. The fourth-order valence-electron chi connectivity index (χ4n) is 1.58. The van der Waals surface area contributed by atoms with Crippen LogP contribution in [0.25, 0.3) is 0 Å². The molecule has 0 radical (unpaired) electrons. The van der Waals surface area contributed by atoms with Gasteiger partial charge in [0.2, 0.25) is 0 Å². The minimum absolute atomic E-state index is 0.0513. The number of hydrogen-bond acceptors (Lipinski definition) is 4. The second-order valence-corrected chi connectivity index (χ2v) is 5.67. The van der Waals surface area contributed by atoms with E-state index in [9.17, 15) is 4.79 Å². The van der Waals surface area contributed by atoms with Crippen LogP contribution < -0.4 is 10.2 Å². The molecule has 2 aromatic rings. The van der Waals surface area contributed by atoms with Gasteiger partial charge in [-0.05, 0) is 43.7 Å². The summed E-state index contributed by atoms with van der Waals surface area (Å²) in [5, 5.41) is 3.89. The number of nitrogens with zero attached hydrogens (tertiary/aromatic N) is 1. The molecule has 0 spiro atoms. The lowest BCUT2D eigenvalue weighted by Crippen LogP contribution is -2.24. The summed E-state index contributed by atoms with van der Waals surface area (Å²) < 4.78 is 5.37. The van der Waals surface area contributed by atoms with Crippen molar-refractivity contribution in [1.29, 1.82) is 0 Å². The third-order valence-corrected chi connectivity index (χ3v) is 3.44. The summed E-state index contributed by atoms with van der Waals surface area (Å²) in [4.78, 5) is 13.8. The number of hydrazone groups is 1. The summed E-state index contributed by atoms with van der Waals surface area (Å²) in [6, 6.07) is 11.5. The smallest absolute Gasteiger partial charge is 0.277 e. The molecular formula is C15H16N2O2S. The van der Waals surface area contributed by atoms with Crippen LogP contribution in [0.3, 0.4) is 0 Å². The number of benzene rings is 1. The Bertz CT molecular complexity index is 620. The van der Waals surface area contributed by atoms with E-state index in [1.54, 1.807) is 17.6 Å². The normalized spacial score (nSPS) is 10.7. The highest BCUT2D eigenvalue weighted by Crippen LogP contribution is 2.12. The summed E-state index contributed by atoms with van der Waals surface area (Å²) in [5.41, 5.74) is 3.53. The van der Waals surface area contributed by atoms with Crippen LogP contribution >= 0.6 is 11.3 Å². The number of amides is 1. The number of rotatable bonds is 5. The topological polar surface area (TPSA) is 50.7 Å². The van der Waals surface area contributed by atoms with Crippen molar-refractivity contribution in [3.05, 3.63) is 51.7 Å². The first kappa shape index (κ1) is 14.3. The summed E-state index contributed by atoms with van der Waals surface area (Å²) >= 11 is 1.62. The monoisotopic (exact) mass is 288 g/mol. The third-order valence-electron chi connectivity index (χ3n) is 2.50. The largest absolute Gasteiger partial charge is 0.484 e. The second-order valence-electron chi connectivity index (χ2n) is 4.35. The van der Waals surface area contributed by atoms with Crippen molar-refractivity contribution >= 4 is 23.5 Å². The Morgan fingerprint density at radius 2 is 2.20 bits per heavy atom. The lowest BCUT2D eigenvalue weighted by atomic mass is 10.2. The van der Waals surface area contributed by atoms with Gasteiger partial charge in [0, 0.05) is 9.75 Å². The highest BCUT2D eigenvalue weighted by molar-refractivity contribution is 7.13. The molecule has 0 atom stereocenters. The Kier molecular flexibility index (Phi) is 4.90. The lowest BCUT2D eigenvalue weighted by Gasteiger charge is -2.05. The van der Waals surface area contributed by atoms with Crippen LogP contribution in [0.2, 0.25) is 0 Å². The van der Waals surface area contributed by atoms with E-state index in [2.05, 4.69) is 10.5 Å². The van der Waals surface area contributed by atoms with Crippen LogP contribution in [0.5, 0.6) is 5.75 Å². The van der Waals surface area contributed by atoms with Crippen molar-refractivity contribution in [3.63, 3.8) is 0 Å². The Morgan fingerprint density at radius 1 is 1.35 bits per heavy atom. The summed E-state index contributed by atoms with van der Waals surface area (Å²) in [6.45, 7) is 3.95. The van der Waals surface area contributed by atoms with E-state index >= 15 is 0 Å². The first-order valence-electron chi connectivity index (χ1n) is 6.21.